The number of aromatic nitrogens is 1. The molecule has 1 aromatic heterocycles. The van der Waals surface area contributed by atoms with Crippen LogP contribution in [0.3, 0.4) is 0 Å². The number of hydrogen-bond acceptors (Lipinski definition) is 2. The molecule has 2 aliphatic rings. The molecule has 0 spiro atoms. The van der Waals surface area contributed by atoms with Crippen molar-refractivity contribution in [3.05, 3.63) is 29.6 Å². The first-order chi connectivity index (χ1) is 9.40. The van der Waals surface area contributed by atoms with Gasteiger partial charge in [-0.3, -0.25) is 9.78 Å². The maximum atomic E-state index is 12.6. The van der Waals surface area contributed by atoms with Crippen LogP contribution in [0.15, 0.2) is 18.3 Å². The second-order valence-electron chi connectivity index (χ2n) is 7.34. The van der Waals surface area contributed by atoms with Crippen LogP contribution in [0.25, 0.3) is 0 Å². The summed E-state index contributed by atoms with van der Waals surface area (Å²) < 4.78 is 0. The summed E-state index contributed by atoms with van der Waals surface area (Å²) in [4.78, 5) is 19.0. The minimum atomic E-state index is 0.108. The third kappa shape index (κ3) is 2.23. The van der Waals surface area contributed by atoms with Crippen molar-refractivity contribution in [2.75, 3.05) is 6.54 Å². The third-order valence-electron chi connectivity index (χ3n) is 4.72. The van der Waals surface area contributed by atoms with Gasteiger partial charge in [-0.2, -0.15) is 0 Å². The molecule has 3 heteroatoms. The second-order valence-corrected chi connectivity index (χ2v) is 7.34. The summed E-state index contributed by atoms with van der Waals surface area (Å²) in [5, 5.41) is 0. The SMILES string of the molecule is CC(C)c1ccc(C(=O)N2CC(C)(C)C2C2CC2)nc1. The van der Waals surface area contributed by atoms with Gasteiger partial charge in [0.15, 0.2) is 0 Å². The number of nitrogens with zero attached hydrogens (tertiary/aromatic N) is 2. The summed E-state index contributed by atoms with van der Waals surface area (Å²) in [7, 11) is 0. The van der Waals surface area contributed by atoms with Crippen molar-refractivity contribution in [1.82, 2.24) is 9.88 Å². The van der Waals surface area contributed by atoms with Crippen LogP contribution < -0.4 is 0 Å². The molecule has 1 saturated carbocycles. The van der Waals surface area contributed by atoms with Crippen LogP contribution in [0.4, 0.5) is 0 Å². The molecule has 3 rings (SSSR count). The van der Waals surface area contributed by atoms with Gasteiger partial charge in [0.1, 0.15) is 5.69 Å². The lowest BCUT2D eigenvalue weighted by Gasteiger charge is -2.54. The molecule has 20 heavy (non-hydrogen) atoms. The molecule has 2 fully saturated rings. The van der Waals surface area contributed by atoms with Gasteiger partial charge in [0.05, 0.1) is 0 Å². The Bertz CT molecular complexity index is 514. The Kier molecular flexibility index (Phi) is 3.11. The fourth-order valence-electron chi connectivity index (χ4n) is 3.46. The van der Waals surface area contributed by atoms with E-state index in [4.69, 9.17) is 0 Å². The van der Waals surface area contributed by atoms with Crippen LogP contribution in [0, 0.1) is 11.3 Å². The van der Waals surface area contributed by atoms with Crippen LogP contribution in [-0.2, 0) is 0 Å². The quantitative estimate of drug-likeness (QED) is 0.844. The Balaban J connectivity index is 1.76. The Labute approximate surface area is 121 Å². The second kappa shape index (κ2) is 4.57. The van der Waals surface area contributed by atoms with Gasteiger partial charge in [0.25, 0.3) is 5.91 Å². The van der Waals surface area contributed by atoms with Gasteiger partial charge >= 0.3 is 0 Å². The fourth-order valence-corrected chi connectivity index (χ4v) is 3.46. The molecule has 108 valence electrons. The molecule has 0 bridgehead atoms. The van der Waals surface area contributed by atoms with E-state index in [0.717, 1.165) is 12.5 Å². The van der Waals surface area contributed by atoms with E-state index < -0.39 is 0 Å². The van der Waals surface area contributed by atoms with E-state index in [1.807, 2.05) is 23.2 Å². The maximum Gasteiger partial charge on any atom is 0.272 e. The van der Waals surface area contributed by atoms with Gasteiger partial charge in [-0.1, -0.05) is 33.8 Å². The lowest BCUT2D eigenvalue weighted by Crippen LogP contribution is -2.64. The molecule has 3 nitrogen and oxygen atoms in total. The molecule has 0 N–H and O–H groups in total. The van der Waals surface area contributed by atoms with Crippen LogP contribution in [0.5, 0.6) is 0 Å². The van der Waals surface area contributed by atoms with E-state index in [9.17, 15) is 4.79 Å². The Morgan fingerprint density at radius 3 is 2.50 bits per heavy atom. The van der Waals surface area contributed by atoms with Gasteiger partial charge in [-0.25, -0.2) is 0 Å². The first-order valence-electron chi connectivity index (χ1n) is 7.67. The highest BCUT2D eigenvalue weighted by molar-refractivity contribution is 5.93. The number of carbonyl (C=O) groups excluding carboxylic acids is 1. The molecule has 1 aliphatic carbocycles. The molecular formula is C17H24N2O. The van der Waals surface area contributed by atoms with E-state index in [1.165, 1.54) is 18.4 Å². The van der Waals surface area contributed by atoms with Crippen LogP contribution in [0.2, 0.25) is 0 Å². The number of hydrogen-bond donors (Lipinski definition) is 0. The summed E-state index contributed by atoms with van der Waals surface area (Å²) in [6, 6.07) is 4.33. The smallest absolute Gasteiger partial charge is 0.272 e. The summed E-state index contributed by atoms with van der Waals surface area (Å²) in [5.74, 6) is 1.28. The van der Waals surface area contributed by atoms with Crippen molar-refractivity contribution >= 4 is 5.91 Å². The van der Waals surface area contributed by atoms with E-state index in [1.54, 1.807) is 0 Å². The number of rotatable bonds is 3. The predicted molar refractivity (Wildman–Crippen MR) is 79.7 cm³/mol. The molecule has 1 aliphatic heterocycles. The molecule has 1 atom stereocenters. The predicted octanol–water partition coefficient (Wildman–Crippen LogP) is 3.47. The number of amides is 1. The van der Waals surface area contributed by atoms with Gasteiger partial charge < -0.3 is 4.90 Å². The highest BCUT2D eigenvalue weighted by Crippen LogP contribution is 2.50. The molecular weight excluding hydrogens is 248 g/mol. The average molecular weight is 272 g/mol. The van der Waals surface area contributed by atoms with E-state index in [-0.39, 0.29) is 11.3 Å². The Morgan fingerprint density at radius 2 is 2.05 bits per heavy atom. The Hall–Kier alpha value is -1.38. The zero-order chi connectivity index (χ0) is 14.5. The molecule has 1 unspecified atom stereocenters. The van der Waals surface area contributed by atoms with E-state index in [0.29, 0.717) is 17.7 Å². The first kappa shape index (κ1) is 13.6. The van der Waals surface area contributed by atoms with Crippen molar-refractivity contribution in [2.24, 2.45) is 11.3 Å². The minimum Gasteiger partial charge on any atom is -0.333 e. The largest absolute Gasteiger partial charge is 0.333 e. The third-order valence-corrected chi connectivity index (χ3v) is 4.72. The monoisotopic (exact) mass is 272 g/mol. The van der Waals surface area contributed by atoms with Crippen molar-refractivity contribution in [2.45, 2.75) is 52.5 Å². The summed E-state index contributed by atoms with van der Waals surface area (Å²) in [5.41, 5.74) is 2.05. The normalized spacial score (nSPS) is 24.6. The number of pyridine rings is 1. The van der Waals surface area contributed by atoms with Gasteiger partial charge in [0, 0.05) is 24.2 Å². The van der Waals surface area contributed by atoms with E-state index >= 15 is 0 Å². The standard InChI is InChI=1S/C17H24N2O/c1-11(2)13-7-8-14(18-9-13)16(20)19-10-17(3,4)15(19)12-5-6-12/h7-9,11-12,15H,5-6,10H2,1-4H3. The molecule has 0 aromatic carbocycles. The minimum absolute atomic E-state index is 0.108. The molecule has 1 aromatic rings. The lowest BCUT2D eigenvalue weighted by molar-refractivity contribution is -0.0412. The first-order valence-corrected chi connectivity index (χ1v) is 7.67. The number of likely N-dealkylation sites (tertiary alicyclic amines) is 1. The molecule has 2 heterocycles. The molecule has 1 saturated heterocycles. The molecule has 1 amide bonds. The van der Waals surface area contributed by atoms with Gasteiger partial charge in [-0.05, 0) is 36.3 Å². The van der Waals surface area contributed by atoms with Crippen molar-refractivity contribution in [1.29, 1.82) is 0 Å². The van der Waals surface area contributed by atoms with Crippen molar-refractivity contribution < 1.29 is 4.79 Å². The highest BCUT2D eigenvalue weighted by Gasteiger charge is 2.54. The average Bonchev–Trinajstić information content (AvgIpc) is 3.20. The molecule has 0 radical (unpaired) electrons. The summed E-state index contributed by atoms with van der Waals surface area (Å²) in [6.07, 6.45) is 4.39. The fraction of sp³-hybridized carbons (Fsp3) is 0.647. The maximum absolute atomic E-state index is 12.6. The summed E-state index contributed by atoms with van der Waals surface area (Å²) in [6.45, 7) is 9.68. The van der Waals surface area contributed by atoms with Crippen molar-refractivity contribution in [3.63, 3.8) is 0 Å². The summed E-state index contributed by atoms with van der Waals surface area (Å²) >= 11 is 0. The lowest BCUT2D eigenvalue weighted by atomic mass is 9.72. The Morgan fingerprint density at radius 1 is 1.35 bits per heavy atom. The van der Waals surface area contributed by atoms with Crippen LogP contribution in [0.1, 0.15) is 62.5 Å². The zero-order valence-electron chi connectivity index (χ0n) is 12.9. The van der Waals surface area contributed by atoms with Crippen LogP contribution >= 0.6 is 0 Å². The number of carbonyl (C=O) groups is 1. The van der Waals surface area contributed by atoms with E-state index in [2.05, 4.69) is 32.7 Å². The zero-order valence-corrected chi connectivity index (χ0v) is 12.9. The van der Waals surface area contributed by atoms with Crippen molar-refractivity contribution in [3.8, 4) is 0 Å². The highest BCUT2D eigenvalue weighted by atomic mass is 16.2. The van der Waals surface area contributed by atoms with Crippen LogP contribution in [-0.4, -0.2) is 28.4 Å². The topological polar surface area (TPSA) is 33.2 Å². The van der Waals surface area contributed by atoms with Gasteiger partial charge in [-0.15, -0.1) is 0 Å². The van der Waals surface area contributed by atoms with Gasteiger partial charge in [0.2, 0.25) is 0 Å².